The summed E-state index contributed by atoms with van der Waals surface area (Å²) in [6.07, 6.45) is 0. The summed E-state index contributed by atoms with van der Waals surface area (Å²) in [5.74, 6) is 0.00220. The fourth-order valence-corrected chi connectivity index (χ4v) is 1.62. The zero-order valence-electron chi connectivity index (χ0n) is 9.56. The van der Waals surface area contributed by atoms with Crippen molar-refractivity contribution in [3.05, 3.63) is 0 Å². The van der Waals surface area contributed by atoms with Gasteiger partial charge >= 0.3 is 0 Å². The molecule has 1 atom stereocenters. The van der Waals surface area contributed by atoms with Crippen molar-refractivity contribution in [1.29, 1.82) is 0 Å². The van der Waals surface area contributed by atoms with E-state index in [9.17, 15) is 9.90 Å². The highest BCUT2D eigenvalue weighted by atomic mass is 16.5. The van der Waals surface area contributed by atoms with Gasteiger partial charge in [-0.15, -0.1) is 0 Å². The fourth-order valence-electron chi connectivity index (χ4n) is 1.62. The Labute approximate surface area is 90.2 Å². The Hall–Kier alpha value is -0.650. The summed E-state index contributed by atoms with van der Waals surface area (Å²) >= 11 is 0. The molecule has 1 fully saturated rings. The van der Waals surface area contributed by atoms with E-state index in [2.05, 4.69) is 0 Å². The summed E-state index contributed by atoms with van der Waals surface area (Å²) in [5.41, 5.74) is 4.87. The Balaban J connectivity index is 2.41. The van der Waals surface area contributed by atoms with Gasteiger partial charge in [0, 0.05) is 7.11 Å². The van der Waals surface area contributed by atoms with Crippen LogP contribution in [0.15, 0.2) is 0 Å². The minimum absolute atomic E-state index is 0.151. The maximum absolute atomic E-state index is 11.6. The van der Waals surface area contributed by atoms with Gasteiger partial charge in [0.2, 0.25) is 5.91 Å². The smallest absolute Gasteiger partial charge is 0.242 e. The Kier molecular flexibility index (Phi) is 3.70. The van der Waals surface area contributed by atoms with Gasteiger partial charge in [-0.2, -0.15) is 0 Å². The normalized spacial score (nSPS) is 21.3. The molecule has 0 aliphatic carbocycles. The molecular weight excluding hydrogens is 196 g/mol. The van der Waals surface area contributed by atoms with Crippen LogP contribution < -0.4 is 5.73 Å². The lowest BCUT2D eigenvalue weighted by Crippen LogP contribution is -2.68. The van der Waals surface area contributed by atoms with Crippen molar-refractivity contribution in [2.75, 3.05) is 26.8 Å². The van der Waals surface area contributed by atoms with Gasteiger partial charge in [-0.25, -0.2) is 0 Å². The van der Waals surface area contributed by atoms with Crippen molar-refractivity contribution in [1.82, 2.24) is 4.90 Å². The van der Waals surface area contributed by atoms with Crippen molar-refractivity contribution >= 4 is 5.91 Å². The average Bonchev–Trinajstić information content (AvgIpc) is 2.11. The third-order valence-corrected chi connectivity index (χ3v) is 2.98. The number of carbonyl (C=O) groups is 1. The predicted octanol–water partition coefficient (Wildman–Crippen LogP) is -0.811. The van der Waals surface area contributed by atoms with Gasteiger partial charge in [-0.05, 0) is 5.92 Å². The van der Waals surface area contributed by atoms with Crippen molar-refractivity contribution in [2.24, 2.45) is 11.7 Å². The second-order valence-corrected chi connectivity index (χ2v) is 4.51. The summed E-state index contributed by atoms with van der Waals surface area (Å²) in [6.45, 7) is 4.85. The third kappa shape index (κ3) is 2.48. The molecule has 0 saturated carbocycles. The first-order valence-corrected chi connectivity index (χ1v) is 5.16. The molecule has 5 heteroatoms. The molecule has 1 rings (SSSR count). The standard InChI is InChI=1S/C10H20N2O3/c1-7(2)10(14)5-12(6-10)9(13)8(11)4-15-3/h7-8,14H,4-6,11H2,1-3H3. The van der Waals surface area contributed by atoms with E-state index < -0.39 is 11.6 Å². The van der Waals surface area contributed by atoms with Crippen molar-refractivity contribution in [3.8, 4) is 0 Å². The first kappa shape index (κ1) is 12.4. The van der Waals surface area contributed by atoms with E-state index in [1.807, 2.05) is 13.8 Å². The number of hydrogen-bond donors (Lipinski definition) is 2. The Morgan fingerprint density at radius 2 is 2.13 bits per heavy atom. The van der Waals surface area contributed by atoms with Crippen LogP contribution >= 0.6 is 0 Å². The number of methoxy groups -OCH3 is 1. The van der Waals surface area contributed by atoms with E-state index in [0.717, 1.165) is 0 Å². The highest BCUT2D eigenvalue weighted by Crippen LogP contribution is 2.28. The summed E-state index contributed by atoms with van der Waals surface area (Å²) in [5, 5.41) is 9.95. The Bertz CT molecular complexity index is 237. The first-order chi connectivity index (χ1) is 6.90. The monoisotopic (exact) mass is 216 g/mol. The summed E-state index contributed by atoms with van der Waals surface area (Å²) in [4.78, 5) is 13.2. The van der Waals surface area contributed by atoms with Crippen LogP contribution in [-0.2, 0) is 9.53 Å². The minimum atomic E-state index is -0.734. The maximum Gasteiger partial charge on any atom is 0.242 e. The van der Waals surface area contributed by atoms with Gasteiger partial charge in [0.15, 0.2) is 0 Å². The number of carbonyl (C=O) groups excluding carboxylic acids is 1. The third-order valence-electron chi connectivity index (χ3n) is 2.98. The molecule has 0 aromatic carbocycles. The lowest BCUT2D eigenvalue weighted by atomic mass is 9.82. The lowest BCUT2D eigenvalue weighted by molar-refractivity contribution is -0.165. The van der Waals surface area contributed by atoms with Gasteiger partial charge in [0.1, 0.15) is 11.6 Å². The number of nitrogens with two attached hydrogens (primary N) is 1. The van der Waals surface area contributed by atoms with Gasteiger partial charge < -0.3 is 20.5 Å². The molecule has 3 N–H and O–H groups in total. The Morgan fingerprint density at radius 3 is 2.53 bits per heavy atom. The molecule has 0 bridgehead atoms. The highest BCUT2D eigenvalue weighted by Gasteiger charge is 2.46. The van der Waals surface area contributed by atoms with Gasteiger partial charge in [0.05, 0.1) is 19.7 Å². The van der Waals surface area contributed by atoms with Crippen LogP contribution in [0.4, 0.5) is 0 Å². The van der Waals surface area contributed by atoms with Gasteiger partial charge in [-0.3, -0.25) is 4.79 Å². The number of ether oxygens (including phenoxy) is 1. The molecule has 0 aromatic heterocycles. The quantitative estimate of drug-likeness (QED) is 0.644. The van der Waals surface area contributed by atoms with Crippen LogP contribution in [0.25, 0.3) is 0 Å². The maximum atomic E-state index is 11.6. The molecule has 1 aliphatic rings. The van der Waals surface area contributed by atoms with E-state index in [-0.39, 0.29) is 18.4 Å². The van der Waals surface area contributed by atoms with E-state index in [0.29, 0.717) is 13.1 Å². The number of rotatable bonds is 4. The molecule has 0 aromatic rings. The highest BCUT2D eigenvalue weighted by molar-refractivity contribution is 5.82. The predicted molar refractivity (Wildman–Crippen MR) is 56.2 cm³/mol. The molecule has 5 nitrogen and oxygen atoms in total. The molecule has 88 valence electrons. The molecule has 1 aliphatic heterocycles. The second kappa shape index (κ2) is 4.47. The fraction of sp³-hybridized carbons (Fsp3) is 0.900. The molecule has 15 heavy (non-hydrogen) atoms. The number of likely N-dealkylation sites (tertiary alicyclic amines) is 1. The van der Waals surface area contributed by atoms with Crippen LogP contribution in [0.3, 0.4) is 0 Å². The molecule has 1 saturated heterocycles. The van der Waals surface area contributed by atoms with Crippen molar-refractivity contribution in [2.45, 2.75) is 25.5 Å². The van der Waals surface area contributed by atoms with Crippen molar-refractivity contribution < 1.29 is 14.6 Å². The molecule has 1 amide bonds. The van der Waals surface area contributed by atoms with E-state index in [4.69, 9.17) is 10.5 Å². The van der Waals surface area contributed by atoms with E-state index in [1.165, 1.54) is 7.11 Å². The number of aliphatic hydroxyl groups is 1. The number of amides is 1. The van der Waals surface area contributed by atoms with Crippen molar-refractivity contribution in [3.63, 3.8) is 0 Å². The first-order valence-electron chi connectivity index (χ1n) is 5.16. The van der Waals surface area contributed by atoms with Gasteiger partial charge in [0.25, 0.3) is 0 Å². The van der Waals surface area contributed by atoms with E-state index in [1.54, 1.807) is 4.90 Å². The van der Waals surface area contributed by atoms with Gasteiger partial charge in [-0.1, -0.05) is 13.8 Å². The summed E-state index contributed by atoms with van der Waals surface area (Å²) < 4.78 is 4.81. The number of nitrogens with zero attached hydrogens (tertiary/aromatic N) is 1. The summed E-state index contributed by atoms with van der Waals surface area (Å²) in [7, 11) is 1.51. The van der Waals surface area contributed by atoms with Crippen LogP contribution in [0.5, 0.6) is 0 Å². The SMILES string of the molecule is COCC(N)C(=O)N1CC(O)(C(C)C)C1. The molecule has 1 unspecified atom stereocenters. The largest absolute Gasteiger partial charge is 0.386 e. The van der Waals surface area contributed by atoms with E-state index >= 15 is 0 Å². The zero-order chi connectivity index (χ0) is 11.6. The van der Waals surface area contributed by atoms with Crippen LogP contribution in [-0.4, -0.2) is 54.4 Å². The van der Waals surface area contributed by atoms with Crippen LogP contribution in [0, 0.1) is 5.92 Å². The second-order valence-electron chi connectivity index (χ2n) is 4.51. The summed E-state index contributed by atoms with van der Waals surface area (Å²) in [6, 6.07) is -0.619. The molecule has 1 heterocycles. The van der Waals surface area contributed by atoms with Crippen LogP contribution in [0.2, 0.25) is 0 Å². The molecule has 0 spiro atoms. The van der Waals surface area contributed by atoms with Crippen LogP contribution in [0.1, 0.15) is 13.8 Å². The zero-order valence-corrected chi connectivity index (χ0v) is 9.56. The Morgan fingerprint density at radius 1 is 1.60 bits per heavy atom. The lowest BCUT2D eigenvalue weighted by Gasteiger charge is -2.49. The number of hydrogen-bond acceptors (Lipinski definition) is 4. The average molecular weight is 216 g/mol. The minimum Gasteiger partial charge on any atom is -0.386 e. The topological polar surface area (TPSA) is 75.8 Å². The number of β-amino-alcohol motifs (C(OH)–C–C–N with tert-alkyl or cyclic N) is 1. The molecular formula is C10H20N2O3. The molecule has 0 radical (unpaired) electrons.